The molecule has 0 spiro atoms. The first-order valence-corrected chi connectivity index (χ1v) is 7.43. The fraction of sp³-hybridized carbons (Fsp3) is 0.786. The maximum absolute atomic E-state index is 6.37. The molecule has 0 bridgehead atoms. The number of halogens is 1. The SMILES string of the molecule is Cc1nn(C)c(CN2CC(C)NCC2C(C)C)c1Cl. The molecule has 0 radical (unpaired) electrons. The molecule has 0 aliphatic carbocycles. The molecule has 0 aromatic carbocycles. The molecule has 2 heterocycles. The summed E-state index contributed by atoms with van der Waals surface area (Å²) in [5, 5.41) is 8.79. The van der Waals surface area contributed by atoms with E-state index in [4.69, 9.17) is 11.6 Å². The van der Waals surface area contributed by atoms with Crippen molar-refractivity contribution >= 4 is 11.6 Å². The van der Waals surface area contributed by atoms with E-state index in [1.165, 1.54) is 0 Å². The molecule has 0 saturated carbocycles. The molecule has 2 unspecified atom stereocenters. The smallest absolute Gasteiger partial charge is 0.0860 e. The Morgan fingerprint density at radius 2 is 2.16 bits per heavy atom. The number of piperazine rings is 1. The predicted molar refractivity (Wildman–Crippen MR) is 79.5 cm³/mol. The zero-order chi connectivity index (χ0) is 14.2. The highest BCUT2D eigenvalue weighted by Gasteiger charge is 2.29. The van der Waals surface area contributed by atoms with Gasteiger partial charge in [-0.3, -0.25) is 9.58 Å². The van der Waals surface area contributed by atoms with Crippen molar-refractivity contribution < 1.29 is 0 Å². The summed E-state index contributed by atoms with van der Waals surface area (Å²) < 4.78 is 1.92. The Morgan fingerprint density at radius 1 is 1.47 bits per heavy atom. The van der Waals surface area contributed by atoms with Crippen LogP contribution in [0.3, 0.4) is 0 Å². The lowest BCUT2D eigenvalue weighted by Gasteiger charge is -2.41. The zero-order valence-corrected chi connectivity index (χ0v) is 13.3. The molecule has 1 fully saturated rings. The van der Waals surface area contributed by atoms with Gasteiger partial charge in [-0.05, 0) is 19.8 Å². The summed E-state index contributed by atoms with van der Waals surface area (Å²) in [5.74, 6) is 0.632. The topological polar surface area (TPSA) is 33.1 Å². The molecule has 4 nitrogen and oxygen atoms in total. The van der Waals surface area contributed by atoms with E-state index in [0.29, 0.717) is 18.0 Å². The lowest BCUT2D eigenvalue weighted by molar-refractivity contribution is 0.0931. The Bertz CT molecular complexity index is 441. The molecule has 2 rings (SSSR count). The quantitative estimate of drug-likeness (QED) is 0.924. The summed E-state index contributed by atoms with van der Waals surface area (Å²) in [6, 6.07) is 1.09. The normalized spacial score (nSPS) is 25.2. The molecule has 108 valence electrons. The van der Waals surface area contributed by atoms with E-state index < -0.39 is 0 Å². The van der Waals surface area contributed by atoms with Crippen LogP contribution in [0, 0.1) is 12.8 Å². The second kappa shape index (κ2) is 5.81. The van der Waals surface area contributed by atoms with Crippen molar-refractivity contribution in [3.63, 3.8) is 0 Å². The highest BCUT2D eigenvalue weighted by atomic mass is 35.5. The molecule has 1 saturated heterocycles. The molecule has 1 aliphatic heterocycles. The maximum atomic E-state index is 6.37. The summed E-state index contributed by atoms with van der Waals surface area (Å²) in [6.45, 7) is 11.8. The van der Waals surface area contributed by atoms with Crippen molar-refractivity contribution in [2.75, 3.05) is 13.1 Å². The predicted octanol–water partition coefficient (Wildman–Crippen LogP) is 2.20. The summed E-state index contributed by atoms with van der Waals surface area (Å²) in [5.41, 5.74) is 2.04. The second-order valence-corrected chi connectivity index (χ2v) is 6.40. The monoisotopic (exact) mass is 284 g/mol. The van der Waals surface area contributed by atoms with E-state index in [-0.39, 0.29) is 0 Å². The van der Waals surface area contributed by atoms with Crippen LogP contribution in [0.15, 0.2) is 0 Å². The summed E-state index contributed by atoms with van der Waals surface area (Å²) in [6.07, 6.45) is 0. The Hall–Kier alpha value is -0.580. The van der Waals surface area contributed by atoms with Gasteiger partial charge in [0.05, 0.1) is 16.4 Å². The van der Waals surface area contributed by atoms with Crippen LogP contribution >= 0.6 is 11.6 Å². The maximum Gasteiger partial charge on any atom is 0.0860 e. The number of nitrogens with zero attached hydrogens (tertiary/aromatic N) is 3. The third-order valence-corrected chi connectivity index (χ3v) is 4.53. The van der Waals surface area contributed by atoms with Crippen LogP contribution in [0.1, 0.15) is 32.2 Å². The van der Waals surface area contributed by atoms with Crippen LogP contribution in [0.2, 0.25) is 5.02 Å². The molecule has 2 atom stereocenters. The Kier molecular flexibility index (Phi) is 4.54. The molecule has 19 heavy (non-hydrogen) atoms. The minimum absolute atomic E-state index is 0.531. The van der Waals surface area contributed by atoms with Gasteiger partial charge in [0, 0.05) is 38.8 Å². The molecule has 1 aliphatic rings. The van der Waals surface area contributed by atoms with Gasteiger partial charge < -0.3 is 5.32 Å². The van der Waals surface area contributed by atoms with Crippen LogP contribution in [0.5, 0.6) is 0 Å². The van der Waals surface area contributed by atoms with Crippen molar-refractivity contribution in [3.8, 4) is 0 Å². The molecular weight excluding hydrogens is 260 g/mol. The lowest BCUT2D eigenvalue weighted by Crippen LogP contribution is -2.56. The minimum Gasteiger partial charge on any atom is -0.311 e. The van der Waals surface area contributed by atoms with Gasteiger partial charge in [-0.2, -0.15) is 5.10 Å². The Labute approximate surface area is 121 Å². The van der Waals surface area contributed by atoms with Gasteiger partial charge in [-0.1, -0.05) is 25.4 Å². The summed E-state index contributed by atoms with van der Waals surface area (Å²) in [4.78, 5) is 2.54. The molecular formula is C14H25ClN4. The first kappa shape index (κ1) is 14.8. The average molecular weight is 285 g/mol. The van der Waals surface area contributed by atoms with E-state index in [1.54, 1.807) is 0 Å². The first-order valence-electron chi connectivity index (χ1n) is 7.05. The third-order valence-electron chi connectivity index (χ3n) is 4.04. The van der Waals surface area contributed by atoms with E-state index in [1.807, 2.05) is 18.7 Å². The van der Waals surface area contributed by atoms with Crippen LogP contribution < -0.4 is 5.32 Å². The average Bonchev–Trinajstić information content (AvgIpc) is 2.56. The largest absolute Gasteiger partial charge is 0.311 e. The molecule has 1 aromatic rings. The van der Waals surface area contributed by atoms with Gasteiger partial charge >= 0.3 is 0 Å². The van der Waals surface area contributed by atoms with Gasteiger partial charge in [0.1, 0.15) is 0 Å². The molecule has 0 amide bonds. The number of nitrogens with one attached hydrogen (secondary N) is 1. The first-order chi connectivity index (χ1) is 8.90. The van der Waals surface area contributed by atoms with Crippen LogP contribution in [-0.2, 0) is 13.6 Å². The molecule has 1 N–H and O–H groups in total. The highest BCUT2D eigenvalue weighted by Crippen LogP contribution is 2.24. The van der Waals surface area contributed by atoms with E-state index >= 15 is 0 Å². The molecule has 5 heteroatoms. The van der Waals surface area contributed by atoms with Crippen LogP contribution in [0.25, 0.3) is 0 Å². The van der Waals surface area contributed by atoms with Crippen molar-refractivity contribution in [1.82, 2.24) is 20.0 Å². The van der Waals surface area contributed by atoms with Gasteiger partial charge in [0.15, 0.2) is 0 Å². The summed E-state index contributed by atoms with van der Waals surface area (Å²) >= 11 is 6.37. The van der Waals surface area contributed by atoms with Gasteiger partial charge in [-0.15, -0.1) is 0 Å². The van der Waals surface area contributed by atoms with Crippen molar-refractivity contribution in [2.24, 2.45) is 13.0 Å². The van der Waals surface area contributed by atoms with Crippen LogP contribution in [0.4, 0.5) is 0 Å². The summed E-state index contributed by atoms with van der Waals surface area (Å²) in [7, 11) is 1.98. The standard InChI is InChI=1S/C14H25ClN4/c1-9(2)12-6-16-10(3)7-19(12)8-13-14(15)11(4)17-18(13)5/h9-10,12,16H,6-8H2,1-5H3. The van der Waals surface area contributed by atoms with Gasteiger partial charge in [0.25, 0.3) is 0 Å². The second-order valence-electron chi connectivity index (χ2n) is 6.02. The number of aryl methyl sites for hydroxylation is 2. The van der Waals surface area contributed by atoms with Gasteiger partial charge in [0.2, 0.25) is 0 Å². The fourth-order valence-electron chi connectivity index (χ4n) is 2.89. The molecule has 1 aromatic heterocycles. The Morgan fingerprint density at radius 3 is 2.68 bits per heavy atom. The van der Waals surface area contributed by atoms with E-state index in [9.17, 15) is 0 Å². The number of hydrogen-bond donors (Lipinski definition) is 1. The van der Waals surface area contributed by atoms with Crippen molar-refractivity contribution in [3.05, 3.63) is 16.4 Å². The minimum atomic E-state index is 0.531. The van der Waals surface area contributed by atoms with Crippen LogP contribution in [-0.4, -0.2) is 39.9 Å². The lowest BCUT2D eigenvalue weighted by atomic mass is 9.98. The van der Waals surface area contributed by atoms with Crippen molar-refractivity contribution in [1.29, 1.82) is 0 Å². The van der Waals surface area contributed by atoms with Crippen molar-refractivity contribution in [2.45, 2.75) is 46.3 Å². The van der Waals surface area contributed by atoms with Gasteiger partial charge in [-0.25, -0.2) is 0 Å². The number of aromatic nitrogens is 2. The highest BCUT2D eigenvalue weighted by molar-refractivity contribution is 6.31. The van der Waals surface area contributed by atoms with E-state index in [2.05, 4.69) is 36.1 Å². The van der Waals surface area contributed by atoms with E-state index in [0.717, 1.165) is 36.0 Å². The third kappa shape index (κ3) is 3.12. The fourth-order valence-corrected chi connectivity index (χ4v) is 3.11. The number of hydrogen-bond acceptors (Lipinski definition) is 3. The number of rotatable bonds is 3. The Balaban J connectivity index is 2.18. The zero-order valence-electron chi connectivity index (χ0n) is 12.6.